The molecule has 0 aliphatic carbocycles. The average Bonchev–Trinajstić information content (AvgIpc) is 2.56. The predicted molar refractivity (Wildman–Crippen MR) is 87.7 cm³/mol. The molecule has 1 saturated heterocycles. The smallest absolute Gasteiger partial charge is 0.211 e. The highest BCUT2D eigenvalue weighted by Crippen LogP contribution is 2.32. The van der Waals surface area contributed by atoms with Crippen LogP contribution in [0.25, 0.3) is 0 Å². The average molecular weight is 333 g/mol. The molecular formula is C15H19N5O2S. The van der Waals surface area contributed by atoms with E-state index in [9.17, 15) is 8.42 Å². The predicted octanol–water partition coefficient (Wildman–Crippen LogP) is 2.10. The van der Waals surface area contributed by atoms with Crippen molar-refractivity contribution in [2.45, 2.75) is 25.3 Å². The van der Waals surface area contributed by atoms with Gasteiger partial charge in [0, 0.05) is 25.1 Å². The maximum atomic E-state index is 12.0. The van der Waals surface area contributed by atoms with Gasteiger partial charge in [-0.15, -0.1) is 0 Å². The summed E-state index contributed by atoms with van der Waals surface area (Å²) in [5, 5.41) is 3.06. The van der Waals surface area contributed by atoms with Gasteiger partial charge in [-0.3, -0.25) is 4.98 Å². The lowest BCUT2D eigenvalue weighted by Gasteiger charge is -2.33. The molecule has 122 valence electrons. The molecule has 8 heteroatoms. The SMILES string of the molecule is CS(=O)(=O)N1CCCC[C@H]1c1ccc(Nc2cnccn2)nc1. The molecule has 1 aliphatic heterocycles. The number of nitrogens with one attached hydrogen (secondary N) is 1. The van der Waals surface area contributed by atoms with Crippen LogP contribution < -0.4 is 5.32 Å². The van der Waals surface area contributed by atoms with Gasteiger partial charge in [-0.05, 0) is 24.5 Å². The molecule has 0 bridgehead atoms. The van der Waals surface area contributed by atoms with E-state index < -0.39 is 10.0 Å². The van der Waals surface area contributed by atoms with Crippen LogP contribution in [-0.4, -0.2) is 40.5 Å². The van der Waals surface area contributed by atoms with Crippen molar-refractivity contribution >= 4 is 21.7 Å². The lowest BCUT2D eigenvalue weighted by atomic mass is 9.99. The lowest BCUT2D eigenvalue weighted by Crippen LogP contribution is -2.37. The first-order valence-corrected chi connectivity index (χ1v) is 9.35. The molecule has 0 unspecified atom stereocenters. The van der Waals surface area contributed by atoms with E-state index >= 15 is 0 Å². The zero-order valence-corrected chi connectivity index (χ0v) is 13.7. The number of piperidine rings is 1. The number of nitrogens with zero attached hydrogens (tertiary/aromatic N) is 4. The largest absolute Gasteiger partial charge is 0.324 e. The monoisotopic (exact) mass is 333 g/mol. The third-order valence-electron chi connectivity index (χ3n) is 3.87. The summed E-state index contributed by atoms with van der Waals surface area (Å²) in [6, 6.07) is 3.62. The minimum Gasteiger partial charge on any atom is -0.324 e. The highest BCUT2D eigenvalue weighted by Gasteiger charge is 2.30. The number of hydrogen-bond acceptors (Lipinski definition) is 6. The van der Waals surface area contributed by atoms with Gasteiger partial charge in [0.15, 0.2) is 0 Å². The first-order valence-electron chi connectivity index (χ1n) is 7.50. The fraction of sp³-hybridized carbons (Fsp3) is 0.400. The normalized spacial score (nSPS) is 19.4. The van der Waals surface area contributed by atoms with E-state index in [2.05, 4.69) is 20.3 Å². The molecule has 0 amide bonds. The fourth-order valence-electron chi connectivity index (χ4n) is 2.81. The molecule has 3 heterocycles. The van der Waals surface area contributed by atoms with E-state index in [0.717, 1.165) is 24.8 Å². The van der Waals surface area contributed by atoms with Crippen molar-refractivity contribution in [3.05, 3.63) is 42.5 Å². The minimum atomic E-state index is -3.21. The van der Waals surface area contributed by atoms with Crippen LogP contribution in [0.4, 0.5) is 11.6 Å². The molecule has 0 aromatic carbocycles. The van der Waals surface area contributed by atoms with E-state index in [0.29, 0.717) is 18.2 Å². The molecule has 0 radical (unpaired) electrons. The summed E-state index contributed by atoms with van der Waals surface area (Å²) in [4.78, 5) is 12.5. The third-order valence-corrected chi connectivity index (χ3v) is 5.16. The molecule has 0 saturated carbocycles. The maximum Gasteiger partial charge on any atom is 0.211 e. The quantitative estimate of drug-likeness (QED) is 0.922. The number of rotatable bonds is 4. The van der Waals surface area contributed by atoms with Gasteiger partial charge < -0.3 is 5.32 Å². The summed E-state index contributed by atoms with van der Waals surface area (Å²) in [7, 11) is -3.21. The highest BCUT2D eigenvalue weighted by atomic mass is 32.2. The van der Waals surface area contributed by atoms with Gasteiger partial charge in [0.25, 0.3) is 0 Å². The van der Waals surface area contributed by atoms with Gasteiger partial charge in [-0.1, -0.05) is 12.5 Å². The Morgan fingerprint density at radius 2 is 2.00 bits per heavy atom. The molecule has 1 atom stereocenters. The van der Waals surface area contributed by atoms with Gasteiger partial charge >= 0.3 is 0 Å². The van der Waals surface area contributed by atoms with Crippen LogP contribution >= 0.6 is 0 Å². The van der Waals surface area contributed by atoms with Crippen molar-refractivity contribution in [3.8, 4) is 0 Å². The molecule has 3 rings (SSSR count). The summed E-state index contributed by atoms with van der Waals surface area (Å²) in [5.41, 5.74) is 0.917. The van der Waals surface area contributed by atoms with E-state index in [1.54, 1.807) is 29.1 Å². The van der Waals surface area contributed by atoms with Crippen LogP contribution in [0.5, 0.6) is 0 Å². The summed E-state index contributed by atoms with van der Waals surface area (Å²) in [6.07, 6.45) is 10.6. The Labute approximate surface area is 135 Å². The molecule has 0 spiro atoms. The standard InChI is InChI=1S/C15H19N5O2S/c1-23(21,22)20-9-3-2-4-13(20)12-5-6-14(18-10-12)19-15-11-16-7-8-17-15/h5-8,10-11,13H,2-4,9H2,1H3,(H,17,18,19)/t13-/m0/s1. The minimum absolute atomic E-state index is 0.128. The van der Waals surface area contributed by atoms with Crippen LogP contribution in [0.3, 0.4) is 0 Å². The topological polar surface area (TPSA) is 88.1 Å². The van der Waals surface area contributed by atoms with Crippen molar-refractivity contribution < 1.29 is 8.42 Å². The summed E-state index contributed by atoms with van der Waals surface area (Å²) in [5.74, 6) is 1.26. The fourth-order valence-corrected chi connectivity index (χ4v) is 3.96. The lowest BCUT2D eigenvalue weighted by molar-refractivity contribution is 0.257. The van der Waals surface area contributed by atoms with Crippen molar-refractivity contribution in [1.82, 2.24) is 19.3 Å². The second-order valence-electron chi connectivity index (χ2n) is 5.58. The Balaban J connectivity index is 1.78. The number of aromatic nitrogens is 3. The summed E-state index contributed by atoms with van der Waals surface area (Å²) >= 11 is 0. The van der Waals surface area contributed by atoms with Crippen LogP contribution in [0, 0.1) is 0 Å². The van der Waals surface area contributed by atoms with Crippen LogP contribution in [0.15, 0.2) is 36.9 Å². The summed E-state index contributed by atoms with van der Waals surface area (Å²) < 4.78 is 25.5. The third kappa shape index (κ3) is 3.83. The van der Waals surface area contributed by atoms with Gasteiger partial charge in [-0.2, -0.15) is 4.31 Å². The highest BCUT2D eigenvalue weighted by molar-refractivity contribution is 7.88. The number of sulfonamides is 1. The second-order valence-corrected chi connectivity index (χ2v) is 7.51. The Morgan fingerprint density at radius 3 is 2.65 bits per heavy atom. The Bertz CT molecular complexity index is 749. The number of hydrogen-bond donors (Lipinski definition) is 1. The first-order chi connectivity index (χ1) is 11.0. The van der Waals surface area contributed by atoms with Crippen molar-refractivity contribution in [1.29, 1.82) is 0 Å². The van der Waals surface area contributed by atoms with Crippen LogP contribution in [0.2, 0.25) is 0 Å². The molecule has 2 aromatic rings. The molecule has 1 aliphatic rings. The van der Waals surface area contributed by atoms with Gasteiger partial charge in [0.05, 0.1) is 18.5 Å². The van der Waals surface area contributed by atoms with Gasteiger partial charge in [-0.25, -0.2) is 18.4 Å². The van der Waals surface area contributed by atoms with Crippen LogP contribution in [0.1, 0.15) is 30.9 Å². The molecule has 7 nitrogen and oxygen atoms in total. The van der Waals surface area contributed by atoms with E-state index in [1.807, 2.05) is 12.1 Å². The van der Waals surface area contributed by atoms with Crippen LogP contribution in [-0.2, 0) is 10.0 Å². The Kier molecular flexibility index (Phi) is 4.53. The first kappa shape index (κ1) is 15.8. The zero-order chi connectivity index (χ0) is 16.3. The second kappa shape index (κ2) is 6.59. The Morgan fingerprint density at radius 1 is 1.13 bits per heavy atom. The molecule has 1 fully saturated rings. The molecule has 1 N–H and O–H groups in total. The molecule has 23 heavy (non-hydrogen) atoms. The zero-order valence-electron chi connectivity index (χ0n) is 12.9. The maximum absolute atomic E-state index is 12.0. The van der Waals surface area contributed by atoms with E-state index in [1.165, 1.54) is 6.26 Å². The van der Waals surface area contributed by atoms with E-state index in [-0.39, 0.29) is 6.04 Å². The van der Waals surface area contributed by atoms with E-state index in [4.69, 9.17) is 0 Å². The number of anilines is 2. The number of pyridine rings is 1. The van der Waals surface area contributed by atoms with Gasteiger partial charge in [0.2, 0.25) is 10.0 Å². The Hall–Kier alpha value is -2.06. The molecule has 2 aromatic heterocycles. The summed E-state index contributed by atoms with van der Waals surface area (Å²) in [6.45, 7) is 0.573. The van der Waals surface area contributed by atoms with Crippen molar-refractivity contribution in [2.24, 2.45) is 0 Å². The van der Waals surface area contributed by atoms with Crippen molar-refractivity contribution in [2.75, 3.05) is 18.1 Å². The molecular weight excluding hydrogens is 314 g/mol. The van der Waals surface area contributed by atoms with Gasteiger partial charge in [0.1, 0.15) is 11.6 Å². The van der Waals surface area contributed by atoms with Crippen molar-refractivity contribution in [3.63, 3.8) is 0 Å².